The minimum absolute atomic E-state index is 0.0251. The third-order valence-electron chi connectivity index (χ3n) is 5.66. The number of benzene rings is 1. The van der Waals surface area contributed by atoms with Gasteiger partial charge in [0.25, 0.3) is 0 Å². The molecule has 0 saturated carbocycles. The van der Waals surface area contributed by atoms with Crippen molar-refractivity contribution >= 4 is 11.8 Å². The van der Waals surface area contributed by atoms with E-state index in [9.17, 15) is 14.0 Å². The van der Waals surface area contributed by atoms with Crippen molar-refractivity contribution < 1.29 is 14.0 Å². The molecule has 1 saturated heterocycles. The first kappa shape index (κ1) is 22.0. The lowest BCUT2D eigenvalue weighted by Crippen LogP contribution is -2.45. The van der Waals surface area contributed by atoms with Crippen LogP contribution in [0.1, 0.15) is 51.3 Å². The summed E-state index contributed by atoms with van der Waals surface area (Å²) in [4.78, 5) is 27.4. The van der Waals surface area contributed by atoms with E-state index in [1.54, 1.807) is 23.0 Å². The summed E-state index contributed by atoms with van der Waals surface area (Å²) < 4.78 is 14.8. The third-order valence-corrected chi connectivity index (χ3v) is 5.66. The van der Waals surface area contributed by atoms with Crippen molar-refractivity contribution in [2.24, 2.45) is 18.9 Å². The highest BCUT2D eigenvalue weighted by Crippen LogP contribution is 2.42. The van der Waals surface area contributed by atoms with Crippen LogP contribution in [0.15, 0.2) is 36.7 Å². The number of aromatic nitrogens is 2. The molecule has 0 bridgehead atoms. The number of nitrogens with one attached hydrogen (secondary N) is 1. The van der Waals surface area contributed by atoms with Crippen LogP contribution >= 0.6 is 0 Å². The van der Waals surface area contributed by atoms with Crippen LogP contribution in [0.3, 0.4) is 0 Å². The summed E-state index contributed by atoms with van der Waals surface area (Å²) >= 11 is 0. The number of amides is 2. The van der Waals surface area contributed by atoms with Gasteiger partial charge in [-0.05, 0) is 44.9 Å². The standard InChI is InChI=1S/C23H31FN4O2/c1-15(10-16-6-8-19(24)9-7-16)22(30)25-12-17-11-20(29)28(23(2,3)4)21(17)18-13-26-27(5)14-18/h6-9,13-15,17,21H,10-12H2,1-5H3,(H,25,30)/t15?,17-,21+/m0/s1. The van der Waals surface area contributed by atoms with Crippen LogP contribution in [-0.2, 0) is 23.1 Å². The van der Waals surface area contributed by atoms with Crippen molar-refractivity contribution in [2.75, 3.05) is 6.54 Å². The Labute approximate surface area is 177 Å². The Bertz CT molecular complexity index is 901. The highest BCUT2D eigenvalue weighted by atomic mass is 19.1. The van der Waals surface area contributed by atoms with E-state index in [2.05, 4.69) is 10.4 Å². The molecule has 3 rings (SSSR count). The van der Waals surface area contributed by atoms with Crippen LogP contribution in [0.2, 0.25) is 0 Å². The van der Waals surface area contributed by atoms with Crippen molar-refractivity contribution in [3.8, 4) is 0 Å². The summed E-state index contributed by atoms with van der Waals surface area (Å²) in [5, 5.41) is 7.31. The number of aryl methyl sites for hydroxylation is 1. The number of halogens is 1. The van der Waals surface area contributed by atoms with E-state index in [1.165, 1.54) is 12.1 Å². The summed E-state index contributed by atoms with van der Waals surface area (Å²) in [6, 6.07) is 6.09. The highest BCUT2D eigenvalue weighted by Gasteiger charge is 2.45. The first-order valence-electron chi connectivity index (χ1n) is 10.4. The molecule has 0 spiro atoms. The SMILES string of the molecule is CC(Cc1ccc(F)cc1)C(=O)NC[C@@H]1CC(=O)N(C(C)(C)C)[C@H]1c1cnn(C)c1. The minimum Gasteiger partial charge on any atom is -0.355 e. The molecule has 1 aliphatic heterocycles. The number of likely N-dealkylation sites (tertiary alicyclic amines) is 1. The van der Waals surface area contributed by atoms with E-state index in [0.29, 0.717) is 19.4 Å². The number of hydrogen-bond donors (Lipinski definition) is 1. The molecule has 2 heterocycles. The topological polar surface area (TPSA) is 67.2 Å². The summed E-state index contributed by atoms with van der Waals surface area (Å²) in [6.45, 7) is 8.36. The second kappa shape index (κ2) is 8.58. The molecule has 1 fully saturated rings. The molecule has 0 radical (unpaired) electrons. The molecule has 30 heavy (non-hydrogen) atoms. The van der Waals surface area contributed by atoms with Gasteiger partial charge in [0.1, 0.15) is 5.82 Å². The molecule has 3 atom stereocenters. The number of rotatable bonds is 6. The van der Waals surface area contributed by atoms with Gasteiger partial charge in [-0.3, -0.25) is 14.3 Å². The van der Waals surface area contributed by atoms with E-state index < -0.39 is 0 Å². The van der Waals surface area contributed by atoms with Crippen LogP contribution in [0.25, 0.3) is 0 Å². The minimum atomic E-state index is -0.327. The van der Waals surface area contributed by atoms with Gasteiger partial charge >= 0.3 is 0 Å². The lowest BCUT2D eigenvalue weighted by molar-refractivity contribution is -0.133. The fraction of sp³-hybridized carbons (Fsp3) is 0.522. The highest BCUT2D eigenvalue weighted by molar-refractivity contribution is 5.81. The zero-order valence-electron chi connectivity index (χ0n) is 18.4. The first-order valence-corrected chi connectivity index (χ1v) is 10.4. The largest absolute Gasteiger partial charge is 0.355 e. The molecule has 162 valence electrons. The van der Waals surface area contributed by atoms with E-state index in [1.807, 2.05) is 45.8 Å². The summed E-state index contributed by atoms with van der Waals surface area (Å²) in [6.07, 6.45) is 4.67. The Hall–Kier alpha value is -2.70. The number of carbonyl (C=O) groups excluding carboxylic acids is 2. The maximum absolute atomic E-state index is 13.1. The molecule has 1 aromatic carbocycles. The first-order chi connectivity index (χ1) is 14.1. The van der Waals surface area contributed by atoms with Crippen molar-refractivity contribution in [1.29, 1.82) is 0 Å². The zero-order valence-corrected chi connectivity index (χ0v) is 18.4. The molecule has 1 N–H and O–H groups in total. The Kier molecular flexibility index (Phi) is 6.29. The average Bonchev–Trinajstić information content (AvgIpc) is 3.23. The molecule has 1 aliphatic rings. The molecular formula is C23H31FN4O2. The summed E-state index contributed by atoms with van der Waals surface area (Å²) in [5.74, 6) is -0.529. The zero-order chi connectivity index (χ0) is 22.1. The molecule has 6 nitrogen and oxygen atoms in total. The van der Waals surface area contributed by atoms with E-state index >= 15 is 0 Å². The fourth-order valence-corrected chi connectivity index (χ4v) is 4.26. The molecule has 1 unspecified atom stereocenters. The Morgan fingerprint density at radius 2 is 1.97 bits per heavy atom. The van der Waals surface area contributed by atoms with Gasteiger partial charge < -0.3 is 10.2 Å². The smallest absolute Gasteiger partial charge is 0.223 e. The Balaban J connectivity index is 1.68. The number of carbonyl (C=O) groups is 2. The van der Waals surface area contributed by atoms with Gasteiger partial charge in [0, 0.05) is 49.1 Å². The van der Waals surface area contributed by atoms with Gasteiger partial charge in [-0.1, -0.05) is 19.1 Å². The van der Waals surface area contributed by atoms with E-state index in [0.717, 1.165) is 11.1 Å². The normalized spacial score (nSPS) is 20.5. The number of hydrogen-bond acceptors (Lipinski definition) is 3. The van der Waals surface area contributed by atoms with Crippen LogP contribution in [0.4, 0.5) is 4.39 Å². The monoisotopic (exact) mass is 414 g/mol. The van der Waals surface area contributed by atoms with Gasteiger partial charge in [-0.2, -0.15) is 5.10 Å². The maximum atomic E-state index is 13.1. The maximum Gasteiger partial charge on any atom is 0.223 e. The molecular weight excluding hydrogens is 383 g/mol. The lowest BCUT2D eigenvalue weighted by Gasteiger charge is -2.38. The third kappa shape index (κ3) is 4.89. The van der Waals surface area contributed by atoms with Crippen LogP contribution in [-0.4, -0.2) is 38.6 Å². The fourth-order valence-electron chi connectivity index (χ4n) is 4.26. The van der Waals surface area contributed by atoms with Gasteiger partial charge in [-0.25, -0.2) is 4.39 Å². The van der Waals surface area contributed by atoms with Crippen molar-refractivity contribution in [3.63, 3.8) is 0 Å². The predicted molar refractivity (Wildman–Crippen MR) is 113 cm³/mol. The quantitative estimate of drug-likeness (QED) is 0.789. The number of nitrogens with zero attached hydrogens (tertiary/aromatic N) is 3. The van der Waals surface area contributed by atoms with Crippen molar-refractivity contribution in [1.82, 2.24) is 20.0 Å². The summed E-state index contributed by atoms with van der Waals surface area (Å²) in [7, 11) is 1.86. The predicted octanol–water partition coefficient (Wildman–Crippen LogP) is 3.24. The van der Waals surface area contributed by atoms with Crippen LogP contribution in [0.5, 0.6) is 0 Å². The van der Waals surface area contributed by atoms with Crippen LogP contribution in [0, 0.1) is 17.7 Å². The molecule has 2 aromatic rings. The molecule has 0 aliphatic carbocycles. The second-order valence-electron chi connectivity index (χ2n) is 9.27. The summed E-state index contributed by atoms with van der Waals surface area (Å²) in [5.41, 5.74) is 1.57. The lowest BCUT2D eigenvalue weighted by atomic mass is 9.93. The van der Waals surface area contributed by atoms with Gasteiger partial charge in [0.05, 0.1) is 12.2 Å². The van der Waals surface area contributed by atoms with E-state index in [-0.39, 0.29) is 41.0 Å². The van der Waals surface area contributed by atoms with Gasteiger partial charge in [0.15, 0.2) is 0 Å². The molecule has 1 aromatic heterocycles. The average molecular weight is 415 g/mol. The van der Waals surface area contributed by atoms with Crippen molar-refractivity contribution in [2.45, 2.75) is 52.1 Å². The van der Waals surface area contributed by atoms with E-state index in [4.69, 9.17) is 0 Å². The molecule has 7 heteroatoms. The Morgan fingerprint density at radius 3 is 2.53 bits per heavy atom. The van der Waals surface area contributed by atoms with Crippen LogP contribution < -0.4 is 5.32 Å². The van der Waals surface area contributed by atoms with Gasteiger partial charge in [-0.15, -0.1) is 0 Å². The van der Waals surface area contributed by atoms with Crippen molar-refractivity contribution in [3.05, 3.63) is 53.6 Å². The van der Waals surface area contributed by atoms with Gasteiger partial charge in [0.2, 0.25) is 11.8 Å². The second-order valence-corrected chi connectivity index (χ2v) is 9.27. The Morgan fingerprint density at radius 1 is 1.30 bits per heavy atom. The molecule has 2 amide bonds.